The van der Waals surface area contributed by atoms with Gasteiger partial charge in [0.25, 0.3) is 0 Å². The first-order chi connectivity index (χ1) is 12.5. The van der Waals surface area contributed by atoms with Crippen LogP contribution in [0.4, 0.5) is 0 Å². The van der Waals surface area contributed by atoms with Gasteiger partial charge in [-0.15, -0.1) is 0 Å². The maximum atomic E-state index is 11.3. The average Bonchev–Trinajstić information content (AvgIpc) is 2.59. The van der Waals surface area contributed by atoms with Gasteiger partial charge in [-0.1, -0.05) is 103 Å². The Labute approximate surface area is 191 Å². The van der Waals surface area contributed by atoms with E-state index in [1.165, 1.54) is 57.8 Å². The largest absolute Gasteiger partial charge is 1.00 e. The molecule has 158 valence electrons. The van der Waals surface area contributed by atoms with Gasteiger partial charge in [0.15, 0.2) is 0 Å². The second kappa shape index (κ2) is 21.6. The van der Waals surface area contributed by atoms with E-state index >= 15 is 0 Å². The topological polar surface area (TPSA) is 77.4 Å². The Bertz CT molecular complexity index is 388. The third kappa shape index (κ3) is 21.4. The van der Waals surface area contributed by atoms with Crippen molar-refractivity contribution in [2.75, 3.05) is 6.61 Å². The maximum Gasteiger partial charge on any atom is 1.00 e. The third-order valence-corrected chi connectivity index (χ3v) is 6.51. The van der Waals surface area contributed by atoms with Crippen LogP contribution in [-0.2, 0) is 10.1 Å². The van der Waals surface area contributed by atoms with Gasteiger partial charge in [0.2, 0.25) is 0 Å². The van der Waals surface area contributed by atoms with Crippen LogP contribution in [0.25, 0.3) is 0 Å². The molecule has 1 atom stereocenters. The summed E-state index contributed by atoms with van der Waals surface area (Å²) in [5.41, 5.74) is 0. The molecular weight excluding hydrogens is 371 g/mol. The molecule has 0 saturated carbocycles. The fourth-order valence-corrected chi connectivity index (χ4v) is 4.38. The van der Waals surface area contributed by atoms with E-state index in [0.717, 1.165) is 44.9 Å². The normalized spacial score (nSPS) is 12.7. The molecule has 0 fully saturated rings. The van der Waals surface area contributed by atoms with E-state index in [1.807, 2.05) is 6.92 Å². The van der Waals surface area contributed by atoms with Gasteiger partial charge in [-0.25, -0.2) is 8.42 Å². The first kappa shape index (κ1) is 30.1. The van der Waals surface area contributed by atoms with Gasteiger partial charge >= 0.3 is 29.6 Å². The maximum absolute atomic E-state index is 11.3. The van der Waals surface area contributed by atoms with E-state index in [4.69, 9.17) is 5.11 Å². The van der Waals surface area contributed by atoms with Crippen LogP contribution in [0.15, 0.2) is 0 Å². The van der Waals surface area contributed by atoms with E-state index in [2.05, 4.69) is 0 Å². The van der Waals surface area contributed by atoms with Crippen molar-refractivity contribution in [3.63, 3.8) is 0 Å². The first-order valence-electron chi connectivity index (χ1n) is 11.1. The van der Waals surface area contributed by atoms with E-state index in [1.54, 1.807) is 0 Å². The molecule has 0 rings (SSSR count). The van der Waals surface area contributed by atoms with Crippen LogP contribution in [0, 0.1) is 0 Å². The average molecular weight is 415 g/mol. The Kier molecular flexibility index (Phi) is 24.0. The predicted octanol–water partition coefficient (Wildman–Crippen LogP) is 2.94. The quantitative estimate of drug-likeness (QED) is 0.189. The molecule has 0 aliphatic heterocycles. The monoisotopic (exact) mass is 414 g/mol. The minimum absolute atomic E-state index is 0. The van der Waals surface area contributed by atoms with Crippen LogP contribution in [0.2, 0.25) is 0 Å². The fourth-order valence-electron chi connectivity index (χ4n) is 3.47. The zero-order chi connectivity index (χ0) is 19.5. The second-order valence-electron chi connectivity index (χ2n) is 7.72. The fraction of sp³-hybridized carbons (Fsp3) is 1.00. The summed E-state index contributed by atoms with van der Waals surface area (Å²) in [7, 11) is -4.12. The Morgan fingerprint density at radius 3 is 1.33 bits per heavy atom. The first-order valence-corrected chi connectivity index (χ1v) is 12.5. The van der Waals surface area contributed by atoms with Gasteiger partial charge in [-0.05, 0) is 19.3 Å². The zero-order valence-electron chi connectivity index (χ0n) is 18.1. The van der Waals surface area contributed by atoms with E-state index in [9.17, 15) is 13.0 Å². The number of aliphatic hydroxyl groups excluding tert-OH is 1. The summed E-state index contributed by atoms with van der Waals surface area (Å²) in [6.07, 6.45) is 19.7. The van der Waals surface area contributed by atoms with Gasteiger partial charge in [0.05, 0.1) is 10.1 Å². The van der Waals surface area contributed by atoms with Crippen LogP contribution in [0.3, 0.4) is 0 Å². The Morgan fingerprint density at radius 1 is 0.667 bits per heavy atom. The van der Waals surface area contributed by atoms with Crippen molar-refractivity contribution in [2.45, 2.75) is 128 Å². The van der Waals surface area contributed by atoms with Crippen LogP contribution < -0.4 is 29.6 Å². The van der Waals surface area contributed by atoms with E-state index in [-0.39, 0.29) is 29.6 Å². The Hall–Kier alpha value is 0.870. The molecule has 0 aliphatic rings. The molecule has 0 aliphatic carbocycles. The summed E-state index contributed by atoms with van der Waals surface area (Å²) in [5, 5.41) is 8.05. The molecule has 0 aromatic rings. The molecule has 0 radical (unpaired) electrons. The molecule has 27 heavy (non-hydrogen) atoms. The smallest absolute Gasteiger partial charge is 0.748 e. The van der Waals surface area contributed by atoms with Crippen molar-refractivity contribution in [3.8, 4) is 0 Å². The summed E-state index contributed by atoms with van der Waals surface area (Å²) in [6.45, 7) is 2.35. The molecule has 1 N–H and O–H groups in total. The molecule has 6 heteroatoms. The van der Waals surface area contributed by atoms with Crippen molar-refractivity contribution < 1.29 is 47.6 Å². The van der Waals surface area contributed by atoms with Gasteiger partial charge in [-0.2, -0.15) is 0 Å². The number of rotatable bonds is 20. The number of hydrogen-bond acceptors (Lipinski definition) is 4. The van der Waals surface area contributed by atoms with Crippen LogP contribution >= 0.6 is 0 Å². The third-order valence-electron chi connectivity index (χ3n) is 5.22. The van der Waals surface area contributed by atoms with E-state index in [0.29, 0.717) is 19.4 Å². The van der Waals surface area contributed by atoms with Crippen LogP contribution in [-0.4, -0.2) is 29.9 Å². The minimum Gasteiger partial charge on any atom is -0.748 e. The van der Waals surface area contributed by atoms with Crippen LogP contribution in [0.5, 0.6) is 0 Å². The standard InChI is InChI=1S/C21H44O4S.Na/c1-2-3-18-21(26(23,24)25)19-16-14-12-10-8-6-4-5-7-9-11-13-15-17-20-22;/h21-22H,2-20H2,1H3,(H,23,24,25);/q;+1/p-1. The summed E-state index contributed by atoms with van der Waals surface area (Å²) in [6, 6.07) is 0. The molecule has 0 saturated heterocycles. The molecular formula is C21H43NaO4S. The molecule has 0 amide bonds. The summed E-state index contributed by atoms with van der Waals surface area (Å²) in [4.78, 5) is 0. The number of aliphatic hydroxyl groups is 1. The van der Waals surface area contributed by atoms with Crippen molar-refractivity contribution in [2.24, 2.45) is 0 Å². The molecule has 1 unspecified atom stereocenters. The zero-order valence-corrected chi connectivity index (χ0v) is 20.9. The Morgan fingerprint density at radius 2 is 1.00 bits per heavy atom. The van der Waals surface area contributed by atoms with Gasteiger partial charge < -0.3 is 9.66 Å². The van der Waals surface area contributed by atoms with Gasteiger partial charge in [0.1, 0.15) is 0 Å². The summed E-state index contributed by atoms with van der Waals surface area (Å²) < 4.78 is 33.8. The minimum atomic E-state index is -4.12. The van der Waals surface area contributed by atoms with Gasteiger partial charge in [0, 0.05) is 11.9 Å². The van der Waals surface area contributed by atoms with Crippen molar-refractivity contribution in [1.29, 1.82) is 0 Å². The molecule has 0 aromatic heterocycles. The molecule has 0 aromatic carbocycles. The Balaban J connectivity index is 0. The second-order valence-corrected chi connectivity index (χ2v) is 9.37. The van der Waals surface area contributed by atoms with Crippen molar-refractivity contribution >= 4 is 10.1 Å². The van der Waals surface area contributed by atoms with Crippen molar-refractivity contribution in [3.05, 3.63) is 0 Å². The summed E-state index contributed by atoms with van der Waals surface area (Å²) >= 11 is 0. The molecule has 0 bridgehead atoms. The molecule has 4 nitrogen and oxygen atoms in total. The van der Waals surface area contributed by atoms with Gasteiger partial charge in [-0.3, -0.25) is 0 Å². The van der Waals surface area contributed by atoms with Crippen molar-refractivity contribution in [1.82, 2.24) is 0 Å². The predicted molar refractivity (Wildman–Crippen MR) is 109 cm³/mol. The molecule has 0 heterocycles. The SMILES string of the molecule is CCCCC(CCCCCCCCCCCCCCCCO)S(=O)(=O)[O-].[Na+]. The summed E-state index contributed by atoms with van der Waals surface area (Å²) in [5.74, 6) is 0. The van der Waals surface area contributed by atoms with E-state index < -0.39 is 15.4 Å². The van der Waals surface area contributed by atoms with Crippen LogP contribution in [0.1, 0.15) is 122 Å². The number of hydrogen-bond donors (Lipinski definition) is 1. The number of unbranched alkanes of at least 4 members (excludes halogenated alkanes) is 14. The molecule has 0 spiro atoms.